The smallest absolute Gasteiger partial charge is 0.343 e. The number of esters is 1. The van der Waals surface area contributed by atoms with Gasteiger partial charge in [0.05, 0.1) is 23.5 Å². The maximum absolute atomic E-state index is 12.2. The van der Waals surface area contributed by atoms with Crippen molar-refractivity contribution in [3.05, 3.63) is 52.3 Å². The van der Waals surface area contributed by atoms with Gasteiger partial charge in [-0.1, -0.05) is 23.2 Å². The molecule has 23 heavy (non-hydrogen) atoms. The maximum atomic E-state index is 12.2. The normalized spacial score (nSPS) is 10.7. The summed E-state index contributed by atoms with van der Waals surface area (Å²) in [6, 6.07) is 6.73. The predicted octanol–water partition coefficient (Wildman–Crippen LogP) is 3.96. The molecule has 0 radical (unpaired) electrons. The van der Waals surface area contributed by atoms with Crippen LogP contribution < -0.4 is 5.32 Å². The number of benzene rings is 1. The lowest BCUT2D eigenvalue weighted by atomic mass is 10.2. The molecule has 2 aromatic heterocycles. The van der Waals surface area contributed by atoms with Crippen molar-refractivity contribution in [3.63, 3.8) is 0 Å². The molecule has 8 heteroatoms. The van der Waals surface area contributed by atoms with Crippen LogP contribution in [0.1, 0.15) is 17.3 Å². The Morgan fingerprint density at radius 2 is 2.17 bits per heavy atom. The lowest BCUT2D eigenvalue weighted by Gasteiger charge is -2.14. The Kier molecular flexibility index (Phi) is 4.36. The second-order valence-corrected chi connectivity index (χ2v) is 5.43. The largest absolute Gasteiger partial charge is 0.462 e. The van der Waals surface area contributed by atoms with Crippen LogP contribution in [0.15, 0.2) is 36.7 Å². The number of ether oxygens (including phenoxy) is 1. The van der Waals surface area contributed by atoms with Crippen molar-refractivity contribution in [2.24, 2.45) is 0 Å². The summed E-state index contributed by atoms with van der Waals surface area (Å²) in [5.74, 6) is -0.0966. The average molecular weight is 351 g/mol. The minimum Gasteiger partial charge on any atom is -0.462 e. The van der Waals surface area contributed by atoms with Gasteiger partial charge in [-0.2, -0.15) is 9.61 Å². The van der Waals surface area contributed by atoms with Crippen LogP contribution in [-0.2, 0) is 4.74 Å². The highest BCUT2D eigenvalue weighted by molar-refractivity contribution is 6.35. The molecule has 0 spiro atoms. The van der Waals surface area contributed by atoms with Crippen molar-refractivity contribution >= 4 is 46.3 Å². The van der Waals surface area contributed by atoms with Gasteiger partial charge in [-0.25, -0.2) is 9.78 Å². The summed E-state index contributed by atoms with van der Waals surface area (Å²) in [4.78, 5) is 16.4. The van der Waals surface area contributed by atoms with Gasteiger partial charge in [0.2, 0.25) is 0 Å². The highest BCUT2D eigenvalue weighted by Gasteiger charge is 2.18. The van der Waals surface area contributed by atoms with E-state index in [-0.39, 0.29) is 12.2 Å². The zero-order valence-corrected chi connectivity index (χ0v) is 13.6. The first-order valence-electron chi connectivity index (χ1n) is 6.82. The standard InChI is InChI=1S/C15H12Cl2N4O2/c1-2-23-15(22)10-8-18-13-5-6-19-21(13)14(10)20-12-7-9(16)3-4-11(12)17/h3-8,20H,2H2,1H3. The van der Waals surface area contributed by atoms with E-state index in [9.17, 15) is 4.79 Å². The van der Waals surface area contributed by atoms with Gasteiger partial charge in [-0.15, -0.1) is 0 Å². The fraction of sp³-hybridized carbons (Fsp3) is 0.133. The van der Waals surface area contributed by atoms with Gasteiger partial charge < -0.3 is 10.1 Å². The maximum Gasteiger partial charge on any atom is 0.343 e. The minimum absolute atomic E-state index is 0.249. The zero-order valence-electron chi connectivity index (χ0n) is 12.1. The lowest BCUT2D eigenvalue weighted by molar-refractivity contribution is 0.0526. The van der Waals surface area contributed by atoms with Crippen LogP contribution in [0.2, 0.25) is 10.0 Å². The van der Waals surface area contributed by atoms with Crippen LogP contribution in [0.25, 0.3) is 5.65 Å². The summed E-state index contributed by atoms with van der Waals surface area (Å²) in [5.41, 5.74) is 1.38. The molecule has 0 aliphatic heterocycles. The third-order valence-corrected chi connectivity index (χ3v) is 3.66. The summed E-state index contributed by atoms with van der Waals surface area (Å²) in [6.07, 6.45) is 3.03. The van der Waals surface area contributed by atoms with E-state index in [1.807, 2.05) is 0 Å². The topological polar surface area (TPSA) is 68.5 Å². The third-order valence-electron chi connectivity index (χ3n) is 3.09. The zero-order chi connectivity index (χ0) is 16.4. The van der Waals surface area contributed by atoms with Gasteiger partial charge in [0.15, 0.2) is 11.5 Å². The van der Waals surface area contributed by atoms with Crippen LogP contribution >= 0.6 is 23.2 Å². The van der Waals surface area contributed by atoms with Crippen molar-refractivity contribution < 1.29 is 9.53 Å². The first-order valence-corrected chi connectivity index (χ1v) is 7.57. The van der Waals surface area contributed by atoms with Gasteiger partial charge in [0.25, 0.3) is 0 Å². The Hall–Kier alpha value is -2.31. The Labute approximate surface area is 142 Å². The van der Waals surface area contributed by atoms with Crippen LogP contribution in [0, 0.1) is 0 Å². The van der Waals surface area contributed by atoms with Gasteiger partial charge >= 0.3 is 5.97 Å². The highest BCUT2D eigenvalue weighted by atomic mass is 35.5. The summed E-state index contributed by atoms with van der Waals surface area (Å²) in [5, 5.41) is 8.24. The number of hydrogen-bond donors (Lipinski definition) is 1. The van der Waals surface area contributed by atoms with Crippen LogP contribution in [0.5, 0.6) is 0 Å². The third kappa shape index (κ3) is 3.09. The molecule has 0 unspecified atom stereocenters. The van der Waals surface area contributed by atoms with Gasteiger partial charge in [-0.3, -0.25) is 0 Å². The molecule has 118 valence electrons. The number of rotatable bonds is 4. The fourth-order valence-corrected chi connectivity index (χ4v) is 2.41. The first kappa shape index (κ1) is 15.6. The average Bonchev–Trinajstić information content (AvgIpc) is 3.00. The summed E-state index contributed by atoms with van der Waals surface area (Å²) < 4.78 is 6.57. The number of aromatic nitrogens is 3. The molecule has 2 heterocycles. The Balaban J connectivity index is 2.13. The summed E-state index contributed by atoms with van der Waals surface area (Å²) in [7, 11) is 0. The second kappa shape index (κ2) is 6.44. The quantitative estimate of drug-likeness (QED) is 0.721. The van der Waals surface area contributed by atoms with E-state index in [2.05, 4.69) is 15.4 Å². The van der Waals surface area contributed by atoms with E-state index < -0.39 is 5.97 Å². The fourth-order valence-electron chi connectivity index (χ4n) is 2.07. The predicted molar refractivity (Wildman–Crippen MR) is 88.7 cm³/mol. The molecule has 0 saturated carbocycles. The molecule has 0 atom stereocenters. The number of nitrogens with zero attached hydrogens (tertiary/aromatic N) is 3. The summed E-state index contributed by atoms with van der Waals surface area (Å²) >= 11 is 12.2. The molecule has 3 aromatic rings. The number of carbonyl (C=O) groups is 1. The van der Waals surface area contributed by atoms with Gasteiger partial charge in [-0.05, 0) is 25.1 Å². The van der Waals surface area contributed by atoms with Gasteiger partial charge in [0.1, 0.15) is 5.56 Å². The number of halogens is 2. The van der Waals surface area contributed by atoms with Crippen molar-refractivity contribution in [1.29, 1.82) is 0 Å². The van der Waals surface area contributed by atoms with Crippen LogP contribution in [0.3, 0.4) is 0 Å². The molecular formula is C15H12Cl2N4O2. The van der Waals surface area contributed by atoms with E-state index in [4.69, 9.17) is 27.9 Å². The first-order chi connectivity index (χ1) is 11.1. The molecule has 0 fully saturated rings. The molecule has 6 nitrogen and oxygen atoms in total. The van der Waals surface area contributed by atoms with Crippen molar-refractivity contribution in [3.8, 4) is 0 Å². The molecule has 3 rings (SSSR count). The SMILES string of the molecule is CCOC(=O)c1cnc2ccnn2c1Nc1cc(Cl)ccc1Cl. The molecule has 0 amide bonds. The van der Waals surface area contributed by atoms with E-state index in [0.717, 1.165) is 0 Å². The molecule has 0 aliphatic carbocycles. The second-order valence-electron chi connectivity index (χ2n) is 4.59. The van der Waals surface area contributed by atoms with Crippen molar-refractivity contribution in [2.45, 2.75) is 6.92 Å². The number of nitrogens with one attached hydrogen (secondary N) is 1. The summed E-state index contributed by atoms with van der Waals surface area (Å²) in [6.45, 7) is 1.99. The van der Waals surface area contributed by atoms with E-state index in [1.165, 1.54) is 10.7 Å². The monoisotopic (exact) mass is 350 g/mol. The number of hydrogen-bond acceptors (Lipinski definition) is 5. The molecule has 0 bridgehead atoms. The van der Waals surface area contributed by atoms with Gasteiger partial charge in [0, 0.05) is 17.3 Å². The minimum atomic E-state index is -0.502. The van der Waals surface area contributed by atoms with E-state index >= 15 is 0 Å². The molecule has 1 aromatic carbocycles. The van der Waals surface area contributed by atoms with Crippen LogP contribution in [0.4, 0.5) is 11.5 Å². The highest BCUT2D eigenvalue weighted by Crippen LogP contribution is 2.30. The molecular weight excluding hydrogens is 339 g/mol. The van der Waals surface area contributed by atoms with E-state index in [0.29, 0.717) is 27.2 Å². The van der Waals surface area contributed by atoms with E-state index in [1.54, 1.807) is 37.4 Å². The molecule has 0 aliphatic rings. The molecule has 0 saturated heterocycles. The van der Waals surface area contributed by atoms with Crippen molar-refractivity contribution in [1.82, 2.24) is 14.6 Å². The van der Waals surface area contributed by atoms with Crippen molar-refractivity contribution in [2.75, 3.05) is 11.9 Å². The van der Waals surface area contributed by atoms with Crippen LogP contribution in [-0.4, -0.2) is 27.2 Å². The molecule has 1 N–H and O–H groups in total. The Morgan fingerprint density at radius 1 is 1.35 bits per heavy atom. The Morgan fingerprint density at radius 3 is 2.96 bits per heavy atom. The lowest BCUT2D eigenvalue weighted by Crippen LogP contribution is -2.12. The number of carbonyl (C=O) groups excluding carboxylic acids is 1. The Bertz CT molecular complexity index is 879. The number of anilines is 2. The number of fused-ring (bicyclic) bond motifs is 1.